The molecule has 0 spiro atoms. The van der Waals surface area contributed by atoms with E-state index >= 15 is 0 Å². The van der Waals surface area contributed by atoms with E-state index in [9.17, 15) is 69.2 Å². The van der Waals surface area contributed by atoms with Crippen LogP contribution in [0.4, 0.5) is 0 Å². The molecule has 0 heterocycles. The first-order valence-corrected chi connectivity index (χ1v) is 19.2. The van der Waals surface area contributed by atoms with Gasteiger partial charge in [0.05, 0.1) is 18.8 Å². The molecule has 0 aliphatic heterocycles. The van der Waals surface area contributed by atoms with Gasteiger partial charge in [0.1, 0.15) is 42.0 Å². The highest BCUT2D eigenvalue weighted by atomic mass is 16.7. The number of nitro groups is 1. The van der Waals surface area contributed by atoms with Crippen LogP contribution in [0.2, 0.25) is 0 Å². The summed E-state index contributed by atoms with van der Waals surface area (Å²) in [5.74, 6) is -7.80. The van der Waals surface area contributed by atoms with Gasteiger partial charge in [0.25, 0.3) is 0 Å². The lowest BCUT2D eigenvalue weighted by Crippen LogP contribution is -2.62. The van der Waals surface area contributed by atoms with Gasteiger partial charge in [-0.05, 0) is 69.8 Å². The van der Waals surface area contributed by atoms with E-state index in [1.807, 2.05) is 5.43 Å². The number of rotatable bonds is 26. The van der Waals surface area contributed by atoms with Crippen molar-refractivity contribution in [3.8, 4) is 5.75 Å². The van der Waals surface area contributed by atoms with Crippen molar-refractivity contribution < 1.29 is 64.1 Å². The summed E-state index contributed by atoms with van der Waals surface area (Å²) in [5.41, 5.74) is 8.28. The van der Waals surface area contributed by atoms with Crippen LogP contribution in [0.5, 0.6) is 5.75 Å². The van der Waals surface area contributed by atoms with Crippen LogP contribution in [0, 0.1) is 10.1 Å². The number of nitrogens with one attached hydrogen (secondary N) is 7. The number of aliphatic carboxylic acids is 1. The molecule has 0 saturated heterocycles. The lowest BCUT2D eigenvalue weighted by atomic mass is 10.0. The monoisotopic (exact) mass is 861 g/mol. The van der Waals surface area contributed by atoms with Crippen LogP contribution >= 0.6 is 0 Å². The largest absolute Gasteiger partial charge is 0.508 e. The van der Waals surface area contributed by atoms with E-state index in [1.54, 1.807) is 30.3 Å². The second-order valence-electron chi connectivity index (χ2n) is 14.2. The normalized spacial score (nSPS) is 15.4. The first kappa shape index (κ1) is 50.7. The molecule has 0 aliphatic carbocycles. The van der Waals surface area contributed by atoms with E-state index in [0.717, 1.165) is 20.8 Å². The molecule has 23 nitrogen and oxygen atoms in total. The second-order valence-corrected chi connectivity index (χ2v) is 14.2. The van der Waals surface area contributed by atoms with Gasteiger partial charge in [0, 0.05) is 12.8 Å². The minimum Gasteiger partial charge on any atom is -0.508 e. The second kappa shape index (κ2) is 25.3. The number of nitrogens with zero attached hydrogens (tertiary/aromatic N) is 1. The fraction of sp³-hybridized carbons (Fsp3) is 0.500. The van der Waals surface area contributed by atoms with Gasteiger partial charge < -0.3 is 63.2 Å². The molecule has 0 aliphatic rings. The molecule has 9 atom stereocenters. The van der Waals surface area contributed by atoms with Gasteiger partial charge >= 0.3 is 5.97 Å². The van der Waals surface area contributed by atoms with E-state index < -0.39 is 108 Å². The molecule has 0 radical (unpaired) electrons. The number of carboxylic acid groups (broad SMARTS) is 1. The molecular formula is C38H55N9O14. The number of carbonyl (C=O) groups is 7. The fourth-order valence-corrected chi connectivity index (χ4v) is 5.71. The summed E-state index contributed by atoms with van der Waals surface area (Å²) in [5, 5.41) is 73.8. The summed E-state index contributed by atoms with van der Waals surface area (Å²) in [4.78, 5) is 103. The van der Waals surface area contributed by atoms with Gasteiger partial charge in [-0.25, -0.2) is 14.9 Å². The number of nitrogens with two attached hydrogens (primary N) is 1. The van der Waals surface area contributed by atoms with Gasteiger partial charge in [-0.3, -0.25) is 28.8 Å². The van der Waals surface area contributed by atoms with E-state index in [0.29, 0.717) is 30.5 Å². The van der Waals surface area contributed by atoms with E-state index in [2.05, 4.69) is 31.9 Å². The quantitative estimate of drug-likeness (QED) is 0.0245. The summed E-state index contributed by atoms with van der Waals surface area (Å²) >= 11 is 0. The number of phenolic OH excluding ortho intramolecular Hbond substituents is 1. The average molecular weight is 862 g/mol. The Labute approximate surface area is 350 Å². The third-order valence-corrected chi connectivity index (χ3v) is 9.12. The molecule has 6 amide bonds. The number of hydrogen-bond acceptors (Lipinski definition) is 14. The number of hydrazine groups is 1. The number of aliphatic hydroxyl groups excluding tert-OH is 3. The molecule has 61 heavy (non-hydrogen) atoms. The molecule has 0 saturated carbocycles. The van der Waals surface area contributed by atoms with Crippen LogP contribution in [-0.2, 0) is 46.4 Å². The number of unbranched alkanes of at least 4 members (excludes halogenated alkanes) is 1. The van der Waals surface area contributed by atoms with Crippen molar-refractivity contribution in [3.05, 3.63) is 75.8 Å². The van der Waals surface area contributed by atoms with Crippen molar-refractivity contribution in [1.82, 2.24) is 37.3 Å². The molecule has 0 fully saturated rings. The van der Waals surface area contributed by atoms with Gasteiger partial charge in [0.2, 0.25) is 35.4 Å². The molecule has 0 unspecified atom stereocenters. The Morgan fingerprint density at radius 2 is 1.11 bits per heavy atom. The third kappa shape index (κ3) is 17.4. The highest BCUT2D eigenvalue weighted by molar-refractivity contribution is 5.97. The number of aliphatic hydroxyl groups is 3. The van der Waals surface area contributed by atoms with Gasteiger partial charge in [-0.2, -0.15) is 0 Å². The highest BCUT2D eigenvalue weighted by Crippen LogP contribution is 2.12. The molecule has 14 N–H and O–H groups in total. The van der Waals surface area contributed by atoms with E-state index in [4.69, 9.17) is 5.73 Å². The molecule has 2 rings (SSSR count). The number of aromatic hydroxyl groups is 1. The number of amides is 6. The summed E-state index contributed by atoms with van der Waals surface area (Å²) in [7, 11) is 0. The van der Waals surface area contributed by atoms with Gasteiger partial charge in [-0.15, -0.1) is 5.43 Å². The molecule has 23 heteroatoms. The lowest BCUT2D eigenvalue weighted by Gasteiger charge is -2.27. The van der Waals surface area contributed by atoms with Crippen molar-refractivity contribution in [3.63, 3.8) is 0 Å². The Morgan fingerprint density at radius 1 is 0.639 bits per heavy atom. The van der Waals surface area contributed by atoms with Crippen LogP contribution in [0.25, 0.3) is 0 Å². The van der Waals surface area contributed by atoms with Crippen molar-refractivity contribution in [1.29, 1.82) is 0 Å². The molecule has 2 aromatic rings. The van der Waals surface area contributed by atoms with E-state index in [-0.39, 0.29) is 25.0 Å². The Morgan fingerprint density at radius 3 is 1.62 bits per heavy atom. The molecule has 0 bridgehead atoms. The van der Waals surface area contributed by atoms with Crippen molar-refractivity contribution >= 4 is 41.4 Å². The maximum Gasteiger partial charge on any atom is 0.326 e. The molecule has 336 valence electrons. The lowest BCUT2D eigenvalue weighted by molar-refractivity contribution is -0.548. The Bertz CT molecular complexity index is 1800. The van der Waals surface area contributed by atoms with Gasteiger partial charge in [0.15, 0.2) is 11.1 Å². The van der Waals surface area contributed by atoms with Crippen molar-refractivity contribution in [2.45, 2.75) is 107 Å². The average Bonchev–Trinajstić information content (AvgIpc) is 3.20. The third-order valence-electron chi connectivity index (χ3n) is 9.12. The number of carboxylic acids is 1. The summed E-state index contributed by atoms with van der Waals surface area (Å²) < 4.78 is 0. The Kier molecular flexibility index (Phi) is 21.0. The fourth-order valence-electron chi connectivity index (χ4n) is 5.71. The molecule has 2 aromatic carbocycles. The van der Waals surface area contributed by atoms with Crippen LogP contribution in [-0.4, -0.2) is 140 Å². The summed E-state index contributed by atoms with van der Waals surface area (Å²) in [6.45, 7) is 2.68. The van der Waals surface area contributed by atoms with Crippen LogP contribution in [0.1, 0.15) is 51.2 Å². The topological polar surface area (TPSA) is 374 Å². The first-order valence-electron chi connectivity index (χ1n) is 19.2. The molecular weight excluding hydrogens is 806 g/mol. The van der Waals surface area contributed by atoms with Crippen LogP contribution in [0.3, 0.4) is 0 Å². The smallest absolute Gasteiger partial charge is 0.326 e. The minimum atomic E-state index is -1.81. The first-order chi connectivity index (χ1) is 28.8. The predicted molar refractivity (Wildman–Crippen MR) is 214 cm³/mol. The Balaban J connectivity index is 2.14. The standard InChI is InChI=1S/C38H55N9O14/c1-20(40-35(55)29(19-48)43-37(57)31(22(3)50)45-34(54)28(46-47(60)61)18-24-12-14-25(51)15-13-24)32(52)44-30(21(2)49)36(56)42-27(17-23-9-5-4-6-10-23)33(53)41-26(38(58)59)11-7-8-16-39/h4-6,9-10,12-15,20-22,26-31,46,48-51H,7-8,11,16-19,39H2,1-3H3,(H,40,55)(H,41,53)(H,42,56)(H,43,57)(H,44,52)(H,45,54)(H,58,59)/t20-,21+,22+,26-,27-,28-,29-,30-,31-/m0/s1. The van der Waals surface area contributed by atoms with Crippen molar-refractivity contribution in [2.75, 3.05) is 13.2 Å². The van der Waals surface area contributed by atoms with Crippen LogP contribution < -0.4 is 43.1 Å². The van der Waals surface area contributed by atoms with Gasteiger partial charge in [-0.1, -0.05) is 42.5 Å². The van der Waals surface area contributed by atoms with E-state index in [1.165, 1.54) is 24.3 Å². The zero-order valence-corrected chi connectivity index (χ0v) is 33.8. The number of phenols is 1. The SMILES string of the molecule is C[C@H](NC(=O)[C@H](CO)NC(=O)[C@@H](NC(=O)[C@H](Cc1ccc(O)cc1)N[N+](=O)[O-])[C@@H](C)O)C(=O)N[C@H](C(=O)N[C@@H](Cc1ccccc1)C(=O)N[C@@H](CCCCN)C(=O)O)[C@@H](C)O. The maximum atomic E-state index is 13.5. The molecule has 0 aromatic heterocycles. The Hall–Kier alpha value is -6.43. The zero-order valence-electron chi connectivity index (χ0n) is 33.8. The van der Waals surface area contributed by atoms with Crippen molar-refractivity contribution in [2.24, 2.45) is 5.73 Å². The van der Waals surface area contributed by atoms with Crippen LogP contribution in [0.15, 0.2) is 54.6 Å². The minimum absolute atomic E-state index is 0.0614. The zero-order chi connectivity index (χ0) is 45.8. The number of benzene rings is 2. The summed E-state index contributed by atoms with van der Waals surface area (Å²) in [6, 6.07) is 2.71. The predicted octanol–water partition coefficient (Wildman–Crippen LogP) is -3.78. The maximum absolute atomic E-state index is 13.5. The number of hydrogen-bond donors (Lipinski definition) is 13. The highest BCUT2D eigenvalue weighted by Gasteiger charge is 2.35. The summed E-state index contributed by atoms with van der Waals surface area (Å²) in [6.07, 6.45) is -2.63. The number of carbonyl (C=O) groups excluding carboxylic acids is 6.